The molecule has 0 unspecified atom stereocenters. The fraction of sp³-hybridized carbons (Fsp3) is 0.280. The fourth-order valence-electron chi connectivity index (χ4n) is 3.60. The summed E-state index contributed by atoms with van der Waals surface area (Å²) in [4.78, 5) is 24.7. The lowest BCUT2D eigenvalue weighted by Crippen LogP contribution is -2.15. The maximum atomic E-state index is 12.6. The topological polar surface area (TPSA) is 60.3 Å². The minimum absolute atomic E-state index is 0.0156. The van der Waals surface area contributed by atoms with Gasteiger partial charge in [0.25, 0.3) is 0 Å². The molecule has 5 nitrogen and oxygen atoms in total. The van der Waals surface area contributed by atoms with Crippen LogP contribution in [0.1, 0.15) is 41.9 Å². The molecular formula is C25H28N2O3. The quantitative estimate of drug-likeness (QED) is 0.521. The van der Waals surface area contributed by atoms with E-state index in [1.165, 1.54) is 5.56 Å². The minimum atomic E-state index is -0.0543. The summed E-state index contributed by atoms with van der Waals surface area (Å²) in [6.45, 7) is 6.06. The smallest absolute Gasteiger partial charge is 0.226 e. The Morgan fingerprint density at radius 3 is 2.43 bits per heavy atom. The summed E-state index contributed by atoms with van der Waals surface area (Å²) in [7, 11) is 1.63. The molecular weight excluding hydrogens is 376 g/mol. The van der Waals surface area contributed by atoms with E-state index in [1.54, 1.807) is 14.0 Å². The van der Waals surface area contributed by atoms with Gasteiger partial charge in [-0.25, -0.2) is 0 Å². The number of nitrogens with zero attached hydrogens (tertiary/aromatic N) is 1. The van der Waals surface area contributed by atoms with E-state index in [2.05, 4.69) is 12.2 Å². The summed E-state index contributed by atoms with van der Waals surface area (Å²) >= 11 is 0. The molecule has 0 fully saturated rings. The van der Waals surface area contributed by atoms with Gasteiger partial charge in [0.05, 0.1) is 7.11 Å². The summed E-state index contributed by atoms with van der Waals surface area (Å²) < 4.78 is 7.28. The number of amides is 1. The third-order valence-corrected chi connectivity index (χ3v) is 5.31. The second-order valence-corrected chi connectivity index (χ2v) is 7.32. The van der Waals surface area contributed by atoms with E-state index in [4.69, 9.17) is 4.74 Å². The zero-order valence-corrected chi connectivity index (χ0v) is 18.0. The molecule has 3 rings (SSSR count). The van der Waals surface area contributed by atoms with Gasteiger partial charge in [-0.1, -0.05) is 19.1 Å². The number of methoxy groups -OCH3 is 1. The molecule has 0 spiro atoms. The van der Waals surface area contributed by atoms with E-state index in [0.717, 1.165) is 34.8 Å². The molecule has 1 heterocycles. The first-order valence-electron chi connectivity index (χ1n) is 10.2. The number of nitrogens with one attached hydrogen (secondary N) is 1. The predicted octanol–water partition coefficient (Wildman–Crippen LogP) is 5.27. The second-order valence-electron chi connectivity index (χ2n) is 7.32. The van der Waals surface area contributed by atoms with Crippen LogP contribution in [-0.2, 0) is 17.8 Å². The van der Waals surface area contributed by atoms with Gasteiger partial charge in [-0.2, -0.15) is 0 Å². The maximum Gasteiger partial charge on any atom is 0.226 e. The number of benzene rings is 2. The standard InChI is InChI=1S/C25H28N2O3/c1-5-19-7-6-8-21(15-19)26-25(29)13-14-27-17(2)23(18(3)28)16-24(27)20-9-11-22(30-4)12-10-20/h6-12,15-16H,5,13-14H2,1-4H3,(H,26,29). The van der Waals surface area contributed by atoms with Gasteiger partial charge in [0.15, 0.2) is 5.78 Å². The molecule has 0 aliphatic heterocycles. The SMILES string of the molecule is CCc1cccc(NC(=O)CCn2c(-c3ccc(OC)cc3)cc(C(C)=O)c2C)c1. The van der Waals surface area contributed by atoms with Crippen LogP contribution in [0.25, 0.3) is 11.3 Å². The van der Waals surface area contributed by atoms with Crippen LogP contribution in [0.2, 0.25) is 0 Å². The van der Waals surface area contributed by atoms with Crippen LogP contribution in [0.4, 0.5) is 5.69 Å². The van der Waals surface area contributed by atoms with Crippen LogP contribution in [0.5, 0.6) is 5.75 Å². The number of anilines is 1. The molecule has 0 saturated heterocycles. The lowest BCUT2D eigenvalue weighted by molar-refractivity contribution is -0.116. The molecule has 0 bridgehead atoms. The number of ketones is 1. The monoisotopic (exact) mass is 404 g/mol. The van der Waals surface area contributed by atoms with Crippen molar-refractivity contribution in [2.45, 2.75) is 40.2 Å². The molecule has 0 aliphatic rings. The molecule has 5 heteroatoms. The molecule has 1 amide bonds. The Labute approximate surface area is 177 Å². The van der Waals surface area contributed by atoms with Gasteiger partial charge in [0.1, 0.15) is 5.75 Å². The summed E-state index contributed by atoms with van der Waals surface area (Å²) in [6, 6.07) is 17.5. The van der Waals surface area contributed by atoms with Crippen molar-refractivity contribution in [3.05, 3.63) is 71.4 Å². The van der Waals surface area contributed by atoms with Crippen molar-refractivity contribution < 1.29 is 14.3 Å². The predicted molar refractivity (Wildman–Crippen MR) is 120 cm³/mol. The van der Waals surface area contributed by atoms with Gasteiger partial charge in [0.2, 0.25) is 5.91 Å². The lowest BCUT2D eigenvalue weighted by atomic mass is 10.1. The molecule has 3 aromatic rings. The average molecular weight is 405 g/mol. The molecule has 0 atom stereocenters. The Kier molecular flexibility index (Phi) is 6.72. The Bertz CT molecular complexity index is 1050. The van der Waals surface area contributed by atoms with Gasteiger partial charge in [-0.15, -0.1) is 0 Å². The molecule has 1 N–H and O–H groups in total. The van der Waals surface area contributed by atoms with E-state index >= 15 is 0 Å². The van der Waals surface area contributed by atoms with E-state index in [0.29, 0.717) is 18.5 Å². The van der Waals surface area contributed by atoms with Crippen LogP contribution in [0.15, 0.2) is 54.6 Å². The van der Waals surface area contributed by atoms with E-state index in [9.17, 15) is 9.59 Å². The van der Waals surface area contributed by atoms with Crippen LogP contribution in [0, 0.1) is 6.92 Å². The van der Waals surface area contributed by atoms with Gasteiger partial charge in [0, 0.05) is 35.6 Å². The number of carbonyl (C=O) groups excluding carboxylic acids is 2. The van der Waals surface area contributed by atoms with Crippen molar-refractivity contribution in [1.82, 2.24) is 4.57 Å². The first-order chi connectivity index (χ1) is 14.4. The molecule has 156 valence electrons. The largest absolute Gasteiger partial charge is 0.497 e. The van der Waals surface area contributed by atoms with Gasteiger partial charge in [-0.05, 0) is 73.9 Å². The highest BCUT2D eigenvalue weighted by Gasteiger charge is 2.17. The summed E-state index contributed by atoms with van der Waals surface area (Å²) in [5, 5.41) is 2.97. The van der Waals surface area contributed by atoms with E-state index < -0.39 is 0 Å². The molecule has 1 aromatic heterocycles. The maximum absolute atomic E-state index is 12.6. The number of hydrogen-bond acceptors (Lipinski definition) is 3. The fourth-order valence-corrected chi connectivity index (χ4v) is 3.60. The highest BCUT2D eigenvalue weighted by molar-refractivity contribution is 5.97. The van der Waals surface area contributed by atoms with Crippen molar-refractivity contribution >= 4 is 17.4 Å². The Balaban J connectivity index is 1.81. The molecule has 2 aromatic carbocycles. The first-order valence-corrected chi connectivity index (χ1v) is 10.2. The number of Topliss-reactive ketones (excluding diaryl/α,β-unsaturated/α-hetero) is 1. The van der Waals surface area contributed by atoms with E-state index in [-0.39, 0.29) is 11.7 Å². The third-order valence-electron chi connectivity index (χ3n) is 5.31. The number of hydrogen-bond donors (Lipinski definition) is 1. The molecule has 30 heavy (non-hydrogen) atoms. The Morgan fingerprint density at radius 1 is 1.07 bits per heavy atom. The normalized spacial score (nSPS) is 10.7. The Hall–Kier alpha value is -3.34. The number of rotatable bonds is 8. The second kappa shape index (κ2) is 9.44. The summed E-state index contributed by atoms with van der Waals surface area (Å²) in [5.41, 5.74) is 5.43. The van der Waals surface area contributed by atoms with Crippen LogP contribution < -0.4 is 10.1 Å². The van der Waals surface area contributed by atoms with Crippen molar-refractivity contribution in [3.8, 4) is 17.0 Å². The van der Waals surface area contributed by atoms with Crippen LogP contribution in [0.3, 0.4) is 0 Å². The zero-order chi connectivity index (χ0) is 21.7. The number of aromatic nitrogens is 1. The number of aryl methyl sites for hydroxylation is 1. The van der Waals surface area contributed by atoms with Gasteiger partial charge >= 0.3 is 0 Å². The number of carbonyl (C=O) groups is 2. The molecule has 0 radical (unpaired) electrons. The molecule has 0 aliphatic carbocycles. The highest BCUT2D eigenvalue weighted by atomic mass is 16.5. The van der Waals surface area contributed by atoms with Crippen molar-refractivity contribution in [3.63, 3.8) is 0 Å². The average Bonchev–Trinajstić information content (AvgIpc) is 3.09. The lowest BCUT2D eigenvalue weighted by Gasteiger charge is -2.13. The first kappa shape index (κ1) is 21.4. The number of ether oxygens (including phenoxy) is 1. The minimum Gasteiger partial charge on any atom is -0.497 e. The van der Waals surface area contributed by atoms with Crippen molar-refractivity contribution in [1.29, 1.82) is 0 Å². The van der Waals surface area contributed by atoms with Crippen LogP contribution in [-0.4, -0.2) is 23.4 Å². The van der Waals surface area contributed by atoms with Crippen LogP contribution >= 0.6 is 0 Å². The Morgan fingerprint density at radius 2 is 1.80 bits per heavy atom. The van der Waals surface area contributed by atoms with Crippen molar-refractivity contribution in [2.75, 3.05) is 12.4 Å². The van der Waals surface area contributed by atoms with E-state index in [1.807, 2.05) is 66.1 Å². The van der Waals surface area contributed by atoms with Crippen molar-refractivity contribution in [2.24, 2.45) is 0 Å². The highest BCUT2D eigenvalue weighted by Crippen LogP contribution is 2.28. The third kappa shape index (κ3) is 4.79. The van der Waals surface area contributed by atoms with Gasteiger partial charge in [-0.3, -0.25) is 9.59 Å². The summed E-state index contributed by atoms with van der Waals surface area (Å²) in [5.74, 6) is 0.734. The van der Waals surface area contributed by atoms with Gasteiger partial charge < -0.3 is 14.6 Å². The summed E-state index contributed by atoms with van der Waals surface area (Å²) in [6.07, 6.45) is 1.23. The molecule has 0 saturated carbocycles. The zero-order valence-electron chi connectivity index (χ0n) is 18.0.